The number of unbranched alkanes of at least 4 members (excludes halogenated alkanes) is 12. The molecule has 1 aromatic carbocycles. The van der Waals surface area contributed by atoms with Gasteiger partial charge in [-0.2, -0.15) is 0 Å². The van der Waals surface area contributed by atoms with Crippen molar-refractivity contribution in [2.24, 2.45) is 0 Å². The van der Waals surface area contributed by atoms with Crippen molar-refractivity contribution in [1.82, 2.24) is 0 Å². The van der Waals surface area contributed by atoms with Crippen LogP contribution in [0.3, 0.4) is 0 Å². The fraction of sp³-hybridized carbons (Fsp3) is 0.778. The van der Waals surface area contributed by atoms with Gasteiger partial charge in [0.1, 0.15) is 0 Å². The minimum Gasteiger partial charge on any atom is -0.0654 e. The Kier molecular flexibility index (Phi) is 15.6. The molecule has 27 heavy (non-hydrogen) atoms. The van der Waals surface area contributed by atoms with Gasteiger partial charge in [-0.3, -0.25) is 0 Å². The molecule has 0 spiro atoms. The summed E-state index contributed by atoms with van der Waals surface area (Å²) in [5.41, 5.74) is 5.08. The molecule has 0 saturated heterocycles. The zero-order valence-electron chi connectivity index (χ0n) is 19.0. The third-order valence-electron chi connectivity index (χ3n) is 6.00. The maximum Gasteiger partial charge on any atom is -0.0273 e. The van der Waals surface area contributed by atoms with Crippen LogP contribution in [-0.2, 0) is 19.3 Å². The van der Waals surface area contributed by atoms with E-state index in [1.54, 1.807) is 16.7 Å². The quantitative estimate of drug-likeness (QED) is 0.225. The van der Waals surface area contributed by atoms with Gasteiger partial charge >= 0.3 is 0 Å². The number of benzene rings is 1. The van der Waals surface area contributed by atoms with Crippen LogP contribution in [-0.4, -0.2) is 0 Å². The molecule has 0 aliphatic heterocycles. The maximum absolute atomic E-state index is 2.43. The number of hydrogen-bond donors (Lipinski definition) is 0. The van der Waals surface area contributed by atoms with Gasteiger partial charge in [0.05, 0.1) is 0 Å². The second-order valence-corrected chi connectivity index (χ2v) is 8.55. The predicted octanol–water partition coefficient (Wildman–Crippen LogP) is 9.23. The minimum atomic E-state index is 1.30. The Balaban J connectivity index is 2.60. The van der Waals surface area contributed by atoms with Crippen LogP contribution in [0.15, 0.2) is 18.2 Å². The molecule has 0 atom stereocenters. The predicted molar refractivity (Wildman–Crippen MR) is 124 cm³/mol. The lowest BCUT2D eigenvalue weighted by Crippen LogP contribution is -2.02. The third-order valence-corrected chi connectivity index (χ3v) is 6.00. The van der Waals surface area contributed by atoms with Gasteiger partial charge in [0, 0.05) is 0 Å². The summed E-state index contributed by atoms with van der Waals surface area (Å²) < 4.78 is 0. The lowest BCUT2D eigenvalue weighted by atomic mass is 9.90. The first-order chi connectivity index (χ1) is 13.3. The summed E-state index contributed by atoms with van der Waals surface area (Å²) in [5.74, 6) is 0. The second-order valence-electron chi connectivity index (χ2n) is 8.55. The molecule has 0 unspecified atom stereocenters. The van der Waals surface area contributed by atoms with Crippen LogP contribution in [0.25, 0.3) is 0 Å². The van der Waals surface area contributed by atoms with E-state index in [9.17, 15) is 0 Å². The molecular formula is C27H48. The lowest BCUT2D eigenvalue weighted by Gasteiger charge is -2.16. The highest BCUT2D eigenvalue weighted by molar-refractivity contribution is 5.36. The van der Waals surface area contributed by atoms with Crippen molar-refractivity contribution in [2.75, 3.05) is 0 Å². The summed E-state index contributed by atoms with van der Waals surface area (Å²) in [7, 11) is 0. The van der Waals surface area contributed by atoms with E-state index in [1.807, 2.05) is 0 Å². The van der Waals surface area contributed by atoms with Crippen LogP contribution < -0.4 is 0 Å². The normalized spacial score (nSPS) is 11.2. The van der Waals surface area contributed by atoms with Crippen molar-refractivity contribution in [3.05, 3.63) is 34.9 Å². The molecule has 0 aromatic heterocycles. The van der Waals surface area contributed by atoms with Gasteiger partial charge in [0.2, 0.25) is 0 Å². The second kappa shape index (κ2) is 17.3. The molecule has 0 heterocycles. The minimum absolute atomic E-state index is 1.30. The molecule has 1 aromatic rings. The molecule has 0 heteroatoms. The number of rotatable bonds is 18. The Bertz CT molecular complexity index is 413. The summed E-state index contributed by atoms with van der Waals surface area (Å²) in [4.78, 5) is 0. The Hall–Kier alpha value is -0.780. The molecule has 1 rings (SSSR count). The van der Waals surface area contributed by atoms with Gasteiger partial charge in [-0.05, 0) is 55.2 Å². The topological polar surface area (TPSA) is 0 Å². The van der Waals surface area contributed by atoms with E-state index < -0.39 is 0 Å². The monoisotopic (exact) mass is 372 g/mol. The van der Waals surface area contributed by atoms with E-state index in [0.29, 0.717) is 0 Å². The highest BCUT2D eigenvalue weighted by atomic mass is 14.1. The van der Waals surface area contributed by atoms with E-state index >= 15 is 0 Å². The van der Waals surface area contributed by atoms with Crippen molar-refractivity contribution in [3.63, 3.8) is 0 Å². The summed E-state index contributed by atoms with van der Waals surface area (Å²) in [5, 5.41) is 0. The Morgan fingerprint density at radius 3 is 1.22 bits per heavy atom. The number of hydrogen-bond acceptors (Lipinski definition) is 0. The van der Waals surface area contributed by atoms with Crippen LogP contribution >= 0.6 is 0 Å². The molecule has 0 aliphatic carbocycles. The van der Waals surface area contributed by atoms with E-state index in [2.05, 4.69) is 39.0 Å². The maximum atomic E-state index is 2.43. The fourth-order valence-electron chi connectivity index (χ4n) is 4.22. The summed E-state index contributed by atoms with van der Waals surface area (Å²) in [6.45, 7) is 6.92. The summed E-state index contributed by atoms with van der Waals surface area (Å²) >= 11 is 0. The van der Waals surface area contributed by atoms with Gasteiger partial charge in [-0.25, -0.2) is 0 Å². The van der Waals surface area contributed by atoms with Crippen LogP contribution in [0.4, 0.5) is 0 Å². The zero-order chi connectivity index (χ0) is 19.6. The van der Waals surface area contributed by atoms with Crippen LogP contribution in [0, 0.1) is 0 Å². The third kappa shape index (κ3) is 11.6. The zero-order valence-corrected chi connectivity index (χ0v) is 19.0. The summed E-state index contributed by atoms with van der Waals surface area (Å²) in [6, 6.07) is 7.20. The van der Waals surface area contributed by atoms with Gasteiger partial charge in [0.15, 0.2) is 0 Å². The first-order valence-electron chi connectivity index (χ1n) is 12.4. The molecule has 0 nitrogen and oxygen atoms in total. The first kappa shape index (κ1) is 24.3. The average molecular weight is 373 g/mol. The molecular weight excluding hydrogens is 324 g/mol. The molecule has 156 valence electrons. The standard InChI is InChI=1S/C27H48/c1-4-7-10-13-16-20-25-22-19-23-26(21-17-14-11-8-5-2)27(25)24-18-15-12-9-6-3/h19,22-23H,4-18,20-21,24H2,1-3H3. The van der Waals surface area contributed by atoms with E-state index in [0.717, 1.165) is 0 Å². The van der Waals surface area contributed by atoms with Gasteiger partial charge in [-0.15, -0.1) is 0 Å². The molecule has 0 radical (unpaired) electrons. The molecule has 0 amide bonds. The Morgan fingerprint density at radius 2 is 0.815 bits per heavy atom. The van der Waals surface area contributed by atoms with E-state index in [4.69, 9.17) is 0 Å². The van der Waals surface area contributed by atoms with E-state index in [1.165, 1.54) is 116 Å². The van der Waals surface area contributed by atoms with Gasteiger partial charge in [-0.1, -0.05) is 116 Å². The van der Waals surface area contributed by atoms with Gasteiger partial charge < -0.3 is 0 Å². The molecule has 0 aliphatic rings. The van der Waals surface area contributed by atoms with Crippen molar-refractivity contribution in [1.29, 1.82) is 0 Å². The highest BCUT2D eigenvalue weighted by Gasteiger charge is 2.08. The van der Waals surface area contributed by atoms with Crippen molar-refractivity contribution in [3.8, 4) is 0 Å². The van der Waals surface area contributed by atoms with Crippen molar-refractivity contribution < 1.29 is 0 Å². The Labute approximate surface area is 171 Å². The van der Waals surface area contributed by atoms with Gasteiger partial charge in [0.25, 0.3) is 0 Å². The summed E-state index contributed by atoms with van der Waals surface area (Å²) in [6.07, 6.45) is 24.8. The van der Waals surface area contributed by atoms with Crippen molar-refractivity contribution >= 4 is 0 Å². The number of aryl methyl sites for hydroxylation is 2. The highest BCUT2D eigenvalue weighted by Crippen LogP contribution is 2.23. The van der Waals surface area contributed by atoms with Crippen LogP contribution in [0.1, 0.15) is 134 Å². The first-order valence-corrected chi connectivity index (χ1v) is 12.4. The SMILES string of the molecule is CCCCCCCc1cccc(CCCCCCC)c1CCCCCCC. The molecule has 0 bridgehead atoms. The van der Waals surface area contributed by atoms with E-state index in [-0.39, 0.29) is 0 Å². The smallest absolute Gasteiger partial charge is 0.0273 e. The van der Waals surface area contributed by atoms with Crippen molar-refractivity contribution in [2.45, 2.75) is 136 Å². The average Bonchev–Trinajstić information content (AvgIpc) is 2.68. The Morgan fingerprint density at radius 1 is 0.444 bits per heavy atom. The fourth-order valence-corrected chi connectivity index (χ4v) is 4.22. The molecule has 0 fully saturated rings. The van der Waals surface area contributed by atoms with Crippen LogP contribution in [0.2, 0.25) is 0 Å². The lowest BCUT2D eigenvalue weighted by molar-refractivity contribution is 0.612. The van der Waals surface area contributed by atoms with Crippen LogP contribution in [0.5, 0.6) is 0 Å². The molecule has 0 saturated carbocycles. The largest absolute Gasteiger partial charge is 0.0654 e. The molecule has 0 N–H and O–H groups in total.